The van der Waals surface area contributed by atoms with Crippen molar-refractivity contribution in [1.29, 1.82) is 0 Å². The maximum Gasteiger partial charge on any atom is 0.291 e. The van der Waals surface area contributed by atoms with Crippen molar-refractivity contribution in [3.63, 3.8) is 0 Å². The Morgan fingerprint density at radius 1 is 1.20 bits per heavy atom. The van der Waals surface area contributed by atoms with Gasteiger partial charge in [0.2, 0.25) is 0 Å². The number of hydrogen-bond donors (Lipinski definition) is 1. The second-order valence-corrected chi connectivity index (χ2v) is 8.78. The van der Waals surface area contributed by atoms with Crippen molar-refractivity contribution in [2.24, 2.45) is 0 Å². The number of anilines is 1. The highest BCUT2D eigenvalue weighted by Crippen LogP contribution is 2.28. The normalized spacial score (nSPS) is 11.6. The van der Waals surface area contributed by atoms with Crippen LogP contribution in [0.2, 0.25) is 0 Å². The third kappa shape index (κ3) is 3.48. The molecule has 0 spiro atoms. The van der Waals surface area contributed by atoms with Crippen molar-refractivity contribution in [3.05, 3.63) is 58.3 Å². The van der Waals surface area contributed by atoms with Crippen molar-refractivity contribution >= 4 is 48.3 Å². The first-order valence-corrected chi connectivity index (χ1v) is 10.1. The molecular weight excluding hydrogens is 406 g/mol. The van der Waals surface area contributed by atoms with Gasteiger partial charge in [0.1, 0.15) is 5.58 Å². The maximum absolute atomic E-state index is 12.6. The fraction of sp³-hybridized carbons (Fsp3) is 0.167. The molecule has 0 fully saturated rings. The first kappa shape index (κ1) is 17.7. The largest absolute Gasteiger partial charge is 0.451 e. The van der Waals surface area contributed by atoms with Crippen LogP contribution >= 0.6 is 15.9 Å². The molecule has 0 saturated carbocycles. The lowest BCUT2D eigenvalue weighted by Gasteiger charge is -2.07. The van der Waals surface area contributed by atoms with Crippen LogP contribution in [0.3, 0.4) is 0 Å². The Labute approximate surface area is 154 Å². The van der Waals surface area contributed by atoms with E-state index in [0.29, 0.717) is 11.3 Å². The number of carbonyl (C=O) groups is 1. The predicted molar refractivity (Wildman–Crippen MR) is 101 cm³/mol. The molecule has 0 aliphatic rings. The lowest BCUT2D eigenvalue weighted by atomic mass is 10.1. The lowest BCUT2D eigenvalue weighted by Crippen LogP contribution is -2.13. The standard InChI is InChI=1S/C18H16BrNO4S/c1-3-25(22,23)14-6-4-5-13(10-14)20-18(21)17-11(2)15-9-12(19)7-8-16(15)24-17/h4-10H,3H2,1-2H3,(H,20,21). The van der Waals surface area contributed by atoms with E-state index < -0.39 is 15.7 Å². The molecule has 0 unspecified atom stereocenters. The molecule has 1 heterocycles. The average Bonchev–Trinajstić information content (AvgIpc) is 2.92. The van der Waals surface area contributed by atoms with Gasteiger partial charge in [-0.15, -0.1) is 0 Å². The van der Waals surface area contributed by atoms with E-state index >= 15 is 0 Å². The third-order valence-electron chi connectivity index (χ3n) is 3.94. The van der Waals surface area contributed by atoms with Gasteiger partial charge in [0, 0.05) is 21.1 Å². The maximum atomic E-state index is 12.6. The molecular formula is C18H16BrNO4S. The topological polar surface area (TPSA) is 76.4 Å². The highest BCUT2D eigenvalue weighted by Gasteiger charge is 2.19. The van der Waals surface area contributed by atoms with Gasteiger partial charge >= 0.3 is 0 Å². The molecule has 3 rings (SSSR count). The number of amides is 1. The number of fused-ring (bicyclic) bond motifs is 1. The molecule has 7 heteroatoms. The van der Waals surface area contributed by atoms with Crippen LogP contribution in [-0.4, -0.2) is 20.1 Å². The number of benzene rings is 2. The van der Waals surface area contributed by atoms with E-state index in [9.17, 15) is 13.2 Å². The Bertz CT molecular complexity index is 1070. The van der Waals surface area contributed by atoms with Crippen LogP contribution in [0, 0.1) is 6.92 Å². The van der Waals surface area contributed by atoms with Crippen molar-refractivity contribution in [3.8, 4) is 0 Å². The van der Waals surface area contributed by atoms with Crippen LogP contribution in [0.4, 0.5) is 5.69 Å². The number of sulfone groups is 1. The molecule has 0 aliphatic carbocycles. The third-order valence-corrected chi connectivity index (χ3v) is 6.16. The monoisotopic (exact) mass is 421 g/mol. The zero-order valence-corrected chi connectivity index (χ0v) is 16.1. The minimum Gasteiger partial charge on any atom is -0.451 e. The van der Waals surface area contributed by atoms with E-state index in [1.54, 1.807) is 25.1 Å². The van der Waals surface area contributed by atoms with Gasteiger partial charge < -0.3 is 9.73 Å². The van der Waals surface area contributed by atoms with Gasteiger partial charge in [0.15, 0.2) is 15.6 Å². The molecule has 1 aromatic heterocycles. The zero-order chi connectivity index (χ0) is 18.2. The van der Waals surface area contributed by atoms with E-state index in [-0.39, 0.29) is 16.4 Å². The summed E-state index contributed by atoms with van der Waals surface area (Å²) in [6, 6.07) is 11.7. The summed E-state index contributed by atoms with van der Waals surface area (Å²) in [5.74, 6) is -0.213. The highest BCUT2D eigenvalue weighted by atomic mass is 79.9. The molecule has 2 aromatic carbocycles. The highest BCUT2D eigenvalue weighted by molar-refractivity contribution is 9.10. The number of carbonyl (C=O) groups excluding carboxylic acids is 1. The molecule has 1 N–H and O–H groups in total. The van der Waals surface area contributed by atoms with Gasteiger partial charge in [-0.05, 0) is 43.3 Å². The molecule has 25 heavy (non-hydrogen) atoms. The average molecular weight is 422 g/mol. The van der Waals surface area contributed by atoms with E-state index in [1.165, 1.54) is 12.1 Å². The van der Waals surface area contributed by atoms with Gasteiger partial charge in [0.05, 0.1) is 10.6 Å². The Balaban J connectivity index is 1.93. The number of aryl methyl sites for hydroxylation is 1. The van der Waals surface area contributed by atoms with E-state index in [1.807, 2.05) is 19.1 Å². The van der Waals surface area contributed by atoms with Crippen LogP contribution in [0.25, 0.3) is 11.0 Å². The molecule has 1 amide bonds. The van der Waals surface area contributed by atoms with Crippen LogP contribution in [0.5, 0.6) is 0 Å². The summed E-state index contributed by atoms with van der Waals surface area (Å²) in [5.41, 5.74) is 1.75. The minimum absolute atomic E-state index is 0.00194. The number of nitrogens with one attached hydrogen (secondary N) is 1. The smallest absolute Gasteiger partial charge is 0.291 e. The molecule has 5 nitrogen and oxygen atoms in total. The Morgan fingerprint density at radius 2 is 1.96 bits per heavy atom. The Morgan fingerprint density at radius 3 is 2.68 bits per heavy atom. The van der Waals surface area contributed by atoms with Gasteiger partial charge in [-0.2, -0.15) is 0 Å². The Kier molecular flexibility index (Phi) is 4.71. The van der Waals surface area contributed by atoms with Crippen LogP contribution < -0.4 is 5.32 Å². The molecule has 0 radical (unpaired) electrons. The summed E-state index contributed by atoms with van der Waals surface area (Å²) in [4.78, 5) is 12.7. The van der Waals surface area contributed by atoms with E-state index in [0.717, 1.165) is 15.4 Å². The number of halogens is 1. The summed E-state index contributed by atoms with van der Waals surface area (Å²) >= 11 is 3.40. The molecule has 3 aromatic rings. The van der Waals surface area contributed by atoms with Crippen molar-refractivity contribution in [1.82, 2.24) is 0 Å². The fourth-order valence-electron chi connectivity index (χ4n) is 2.53. The van der Waals surface area contributed by atoms with Crippen molar-refractivity contribution in [2.45, 2.75) is 18.7 Å². The van der Waals surface area contributed by atoms with Crippen LogP contribution in [0.15, 0.2) is 56.2 Å². The van der Waals surface area contributed by atoms with Crippen molar-refractivity contribution < 1.29 is 17.6 Å². The van der Waals surface area contributed by atoms with E-state index in [4.69, 9.17) is 4.42 Å². The van der Waals surface area contributed by atoms with Gasteiger partial charge in [-0.1, -0.05) is 28.9 Å². The number of furan rings is 1. The van der Waals surface area contributed by atoms with E-state index in [2.05, 4.69) is 21.2 Å². The molecule has 130 valence electrons. The molecule has 0 atom stereocenters. The molecule has 0 bridgehead atoms. The predicted octanol–water partition coefficient (Wildman–Crippen LogP) is 4.55. The quantitative estimate of drug-likeness (QED) is 0.670. The number of rotatable bonds is 4. The second kappa shape index (κ2) is 6.65. The minimum atomic E-state index is -3.33. The summed E-state index contributed by atoms with van der Waals surface area (Å²) in [6.07, 6.45) is 0. The van der Waals surface area contributed by atoms with Gasteiger partial charge in [0.25, 0.3) is 5.91 Å². The summed E-state index contributed by atoms with van der Waals surface area (Å²) < 4.78 is 30.5. The first-order chi connectivity index (χ1) is 11.8. The first-order valence-electron chi connectivity index (χ1n) is 7.64. The molecule has 0 saturated heterocycles. The van der Waals surface area contributed by atoms with Crippen molar-refractivity contribution in [2.75, 3.05) is 11.1 Å². The van der Waals surface area contributed by atoms with Gasteiger partial charge in [-0.25, -0.2) is 8.42 Å². The number of hydrogen-bond acceptors (Lipinski definition) is 4. The second-order valence-electron chi connectivity index (χ2n) is 5.58. The Hall–Kier alpha value is -2.12. The lowest BCUT2D eigenvalue weighted by molar-refractivity contribution is 0.0998. The fourth-order valence-corrected chi connectivity index (χ4v) is 3.82. The van der Waals surface area contributed by atoms with Crippen LogP contribution in [-0.2, 0) is 9.84 Å². The SMILES string of the molecule is CCS(=O)(=O)c1cccc(NC(=O)c2oc3ccc(Br)cc3c2C)c1. The summed E-state index contributed by atoms with van der Waals surface area (Å²) in [6.45, 7) is 3.39. The van der Waals surface area contributed by atoms with Crippen LogP contribution in [0.1, 0.15) is 23.0 Å². The zero-order valence-electron chi connectivity index (χ0n) is 13.7. The molecule has 0 aliphatic heterocycles. The summed E-state index contributed by atoms with van der Waals surface area (Å²) in [5, 5.41) is 3.55. The van der Waals surface area contributed by atoms with Gasteiger partial charge in [-0.3, -0.25) is 4.79 Å². The summed E-state index contributed by atoms with van der Waals surface area (Å²) in [7, 11) is -3.33.